The molecule has 1 saturated heterocycles. The molecular weight excluding hydrogens is 302 g/mol. The Kier molecular flexibility index (Phi) is 3.60. The SMILES string of the molecule is C[C@@]1(c2ccccc2F)NC(=O)N(Cc2ccc(F)cc2)C1=O. The van der Waals surface area contributed by atoms with Gasteiger partial charge in [-0.15, -0.1) is 0 Å². The van der Waals surface area contributed by atoms with Gasteiger partial charge in [0.1, 0.15) is 17.2 Å². The molecule has 0 bridgehead atoms. The van der Waals surface area contributed by atoms with Crippen LogP contribution in [0, 0.1) is 11.6 Å². The van der Waals surface area contributed by atoms with E-state index >= 15 is 0 Å². The van der Waals surface area contributed by atoms with Crippen molar-refractivity contribution in [2.45, 2.75) is 19.0 Å². The highest BCUT2D eigenvalue weighted by molar-refractivity contribution is 6.07. The van der Waals surface area contributed by atoms with E-state index < -0.39 is 29.1 Å². The van der Waals surface area contributed by atoms with Crippen LogP contribution in [0.1, 0.15) is 18.1 Å². The molecule has 0 saturated carbocycles. The number of urea groups is 1. The van der Waals surface area contributed by atoms with E-state index in [4.69, 9.17) is 0 Å². The third kappa shape index (κ3) is 2.56. The zero-order valence-electron chi connectivity index (χ0n) is 12.3. The minimum Gasteiger partial charge on any atom is -0.319 e. The van der Waals surface area contributed by atoms with Gasteiger partial charge >= 0.3 is 6.03 Å². The van der Waals surface area contributed by atoms with Crippen LogP contribution in [0.15, 0.2) is 48.5 Å². The van der Waals surface area contributed by atoms with Crippen LogP contribution in [0.5, 0.6) is 0 Å². The zero-order chi connectivity index (χ0) is 16.6. The fourth-order valence-corrected chi connectivity index (χ4v) is 2.66. The van der Waals surface area contributed by atoms with Gasteiger partial charge in [0.15, 0.2) is 0 Å². The topological polar surface area (TPSA) is 49.4 Å². The molecule has 0 spiro atoms. The Balaban J connectivity index is 1.91. The lowest BCUT2D eigenvalue weighted by Crippen LogP contribution is -2.41. The molecule has 4 nitrogen and oxygen atoms in total. The highest BCUT2D eigenvalue weighted by Gasteiger charge is 2.50. The number of nitrogens with zero attached hydrogens (tertiary/aromatic N) is 1. The minimum absolute atomic E-state index is 0.00497. The molecular formula is C17H14F2N2O2. The lowest BCUT2D eigenvalue weighted by atomic mass is 9.91. The molecule has 2 aromatic rings. The lowest BCUT2D eigenvalue weighted by Gasteiger charge is -2.22. The first kappa shape index (κ1) is 15.1. The molecule has 1 N–H and O–H groups in total. The maximum Gasteiger partial charge on any atom is 0.325 e. The number of carbonyl (C=O) groups excluding carboxylic acids is 2. The first-order chi connectivity index (χ1) is 10.9. The van der Waals surface area contributed by atoms with Gasteiger partial charge in [-0.05, 0) is 30.7 Å². The van der Waals surface area contributed by atoms with Crippen LogP contribution < -0.4 is 5.32 Å². The molecule has 1 heterocycles. The van der Waals surface area contributed by atoms with Crippen LogP contribution in [0.4, 0.5) is 13.6 Å². The summed E-state index contributed by atoms with van der Waals surface area (Å²) in [5, 5.41) is 2.54. The summed E-state index contributed by atoms with van der Waals surface area (Å²) >= 11 is 0. The maximum atomic E-state index is 14.0. The van der Waals surface area contributed by atoms with Crippen molar-refractivity contribution >= 4 is 11.9 Å². The Bertz CT molecular complexity index is 776. The Morgan fingerprint density at radius 2 is 1.70 bits per heavy atom. The van der Waals surface area contributed by atoms with Crippen molar-refractivity contribution in [1.29, 1.82) is 0 Å². The molecule has 118 valence electrons. The third-order valence-electron chi connectivity index (χ3n) is 3.94. The van der Waals surface area contributed by atoms with Crippen LogP contribution in [-0.2, 0) is 16.9 Å². The largest absolute Gasteiger partial charge is 0.325 e. The Hall–Kier alpha value is -2.76. The second-order valence-electron chi connectivity index (χ2n) is 5.55. The summed E-state index contributed by atoms with van der Waals surface area (Å²) in [5.41, 5.74) is -0.740. The fourth-order valence-electron chi connectivity index (χ4n) is 2.66. The van der Waals surface area contributed by atoms with E-state index in [2.05, 4.69) is 5.32 Å². The Morgan fingerprint density at radius 1 is 1.04 bits per heavy atom. The van der Waals surface area contributed by atoms with Gasteiger partial charge < -0.3 is 5.32 Å². The number of halogens is 2. The molecule has 3 rings (SSSR count). The van der Waals surface area contributed by atoms with E-state index in [1.54, 1.807) is 6.07 Å². The third-order valence-corrected chi connectivity index (χ3v) is 3.94. The van der Waals surface area contributed by atoms with E-state index in [1.165, 1.54) is 49.4 Å². The first-order valence-corrected chi connectivity index (χ1v) is 7.05. The first-order valence-electron chi connectivity index (χ1n) is 7.05. The summed E-state index contributed by atoms with van der Waals surface area (Å²) in [6, 6.07) is 10.7. The number of imide groups is 1. The Labute approximate surface area is 131 Å². The lowest BCUT2D eigenvalue weighted by molar-refractivity contribution is -0.131. The van der Waals surface area contributed by atoms with Gasteiger partial charge in [-0.25, -0.2) is 13.6 Å². The molecule has 1 aliphatic heterocycles. The van der Waals surface area contributed by atoms with Gasteiger partial charge in [0, 0.05) is 5.56 Å². The van der Waals surface area contributed by atoms with Crippen molar-refractivity contribution in [3.05, 3.63) is 71.3 Å². The molecule has 3 amide bonds. The predicted octanol–water partition coefficient (Wildman–Crippen LogP) is 2.93. The number of benzene rings is 2. The summed E-state index contributed by atoms with van der Waals surface area (Å²) < 4.78 is 27.0. The van der Waals surface area contributed by atoms with E-state index in [9.17, 15) is 18.4 Å². The van der Waals surface area contributed by atoms with Crippen molar-refractivity contribution in [3.63, 3.8) is 0 Å². The number of hydrogen-bond acceptors (Lipinski definition) is 2. The summed E-state index contributed by atoms with van der Waals surface area (Å²) in [5.74, 6) is -1.51. The van der Waals surface area contributed by atoms with Crippen molar-refractivity contribution in [2.75, 3.05) is 0 Å². The van der Waals surface area contributed by atoms with E-state index in [1.807, 2.05) is 0 Å². The zero-order valence-corrected chi connectivity index (χ0v) is 12.3. The van der Waals surface area contributed by atoms with Gasteiger partial charge in [-0.1, -0.05) is 30.3 Å². The second kappa shape index (κ2) is 5.46. The van der Waals surface area contributed by atoms with Crippen molar-refractivity contribution < 1.29 is 18.4 Å². The normalized spacial score (nSPS) is 20.7. The predicted molar refractivity (Wildman–Crippen MR) is 79.2 cm³/mol. The second-order valence-corrected chi connectivity index (χ2v) is 5.55. The highest BCUT2D eigenvalue weighted by Crippen LogP contribution is 2.31. The number of hydrogen-bond donors (Lipinski definition) is 1. The van der Waals surface area contributed by atoms with Gasteiger partial charge in [0.25, 0.3) is 5.91 Å². The van der Waals surface area contributed by atoms with Crippen LogP contribution in [0.25, 0.3) is 0 Å². The number of nitrogens with one attached hydrogen (secondary N) is 1. The van der Waals surface area contributed by atoms with Crippen molar-refractivity contribution in [3.8, 4) is 0 Å². The maximum absolute atomic E-state index is 14.0. The van der Waals surface area contributed by atoms with Gasteiger partial charge in [-0.3, -0.25) is 9.69 Å². The van der Waals surface area contributed by atoms with Crippen LogP contribution in [-0.4, -0.2) is 16.8 Å². The molecule has 1 aliphatic rings. The minimum atomic E-state index is -1.46. The molecule has 0 radical (unpaired) electrons. The average molecular weight is 316 g/mol. The quantitative estimate of drug-likeness (QED) is 0.885. The molecule has 0 unspecified atom stereocenters. The summed E-state index contributed by atoms with van der Waals surface area (Å²) in [7, 11) is 0. The summed E-state index contributed by atoms with van der Waals surface area (Å²) in [6.45, 7) is 1.46. The number of carbonyl (C=O) groups is 2. The van der Waals surface area contributed by atoms with Gasteiger partial charge in [-0.2, -0.15) is 0 Å². The molecule has 1 fully saturated rings. The van der Waals surface area contributed by atoms with Gasteiger partial charge in [0.2, 0.25) is 0 Å². The Morgan fingerprint density at radius 3 is 2.35 bits per heavy atom. The number of amides is 3. The summed E-state index contributed by atoms with van der Waals surface area (Å²) in [6.07, 6.45) is 0. The standard InChI is InChI=1S/C17H14F2N2O2/c1-17(13-4-2-3-5-14(13)19)15(22)21(16(23)20-17)10-11-6-8-12(18)9-7-11/h2-9H,10H2,1H3,(H,20,23)/t17-/m0/s1. The smallest absolute Gasteiger partial charge is 0.319 e. The van der Waals surface area contributed by atoms with Gasteiger partial charge in [0.05, 0.1) is 6.54 Å². The van der Waals surface area contributed by atoms with E-state index in [0.29, 0.717) is 5.56 Å². The molecule has 6 heteroatoms. The molecule has 0 aliphatic carbocycles. The molecule has 0 aromatic heterocycles. The summed E-state index contributed by atoms with van der Waals surface area (Å²) in [4.78, 5) is 25.8. The van der Waals surface area contributed by atoms with E-state index in [-0.39, 0.29) is 12.1 Å². The van der Waals surface area contributed by atoms with Crippen LogP contribution >= 0.6 is 0 Å². The molecule has 23 heavy (non-hydrogen) atoms. The van der Waals surface area contributed by atoms with E-state index in [0.717, 1.165) is 4.90 Å². The average Bonchev–Trinajstić information content (AvgIpc) is 2.74. The number of rotatable bonds is 3. The fraction of sp³-hybridized carbons (Fsp3) is 0.176. The highest BCUT2D eigenvalue weighted by atomic mass is 19.1. The van der Waals surface area contributed by atoms with Crippen LogP contribution in [0.2, 0.25) is 0 Å². The molecule has 1 atom stereocenters. The monoisotopic (exact) mass is 316 g/mol. The van der Waals surface area contributed by atoms with Crippen LogP contribution in [0.3, 0.4) is 0 Å². The molecule has 2 aromatic carbocycles. The van der Waals surface area contributed by atoms with Crippen molar-refractivity contribution in [1.82, 2.24) is 10.2 Å². The van der Waals surface area contributed by atoms with Crippen molar-refractivity contribution in [2.24, 2.45) is 0 Å².